The van der Waals surface area contributed by atoms with Crippen LogP contribution in [0.5, 0.6) is 0 Å². The van der Waals surface area contributed by atoms with E-state index < -0.39 is 5.97 Å². The number of anilines is 1. The molecule has 2 rings (SSSR count). The summed E-state index contributed by atoms with van der Waals surface area (Å²) in [5.41, 5.74) is 2.26. The number of hydrogen-bond acceptors (Lipinski definition) is 2. The van der Waals surface area contributed by atoms with Crippen molar-refractivity contribution >= 4 is 23.3 Å². The van der Waals surface area contributed by atoms with E-state index in [0.29, 0.717) is 5.02 Å². The Bertz CT molecular complexity index is 403. The molecule has 1 aliphatic heterocycles. The number of rotatable bonds is 1. The molecule has 0 fully saturated rings. The first-order valence-corrected chi connectivity index (χ1v) is 4.74. The van der Waals surface area contributed by atoms with E-state index in [0.717, 1.165) is 24.2 Å². The summed E-state index contributed by atoms with van der Waals surface area (Å²) in [5.74, 6) is -0.927. The molecular weight excluding hydrogens is 202 g/mol. The Morgan fingerprint density at radius 2 is 2.29 bits per heavy atom. The lowest BCUT2D eigenvalue weighted by atomic mass is 10.1. The largest absolute Gasteiger partial charge is 0.478 e. The maximum Gasteiger partial charge on any atom is 0.335 e. The van der Waals surface area contributed by atoms with Crippen LogP contribution >= 0.6 is 11.6 Å². The van der Waals surface area contributed by atoms with Crippen LogP contribution in [0.3, 0.4) is 0 Å². The van der Waals surface area contributed by atoms with Gasteiger partial charge in [0, 0.05) is 13.6 Å². The number of hydrogen-bond donors (Lipinski definition) is 1. The van der Waals surface area contributed by atoms with E-state index in [4.69, 9.17) is 16.7 Å². The van der Waals surface area contributed by atoms with E-state index in [1.807, 2.05) is 11.9 Å². The molecule has 0 radical (unpaired) electrons. The van der Waals surface area contributed by atoms with Crippen molar-refractivity contribution in [2.75, 3.05) is 18.5 Å². The Hall–Kier alpha value is -1.22. The molecule has 4 heteroatoms. The van der Waals surface area contributed by atoms with Crippen LogP contribution in [0.25, 0.3) is 0 Å². The molecule has 14 heavy (non-hydrogen) atoms. The summed E-state index contributed by atoms with van der Waals surface area (Å²) >= 11 is 6.01. The lowest BCUT2D eigenvalue weighted by Crippen LogP contribution is -2.12. The quantitative estimate of drug-likeness (QED) is 0.773. The molecule has 1 N–H and O–H groups in total. The summed E-state index contributed by atoms with van der Waals surface area (Å²) in [6.07, 6.45) is 0.868. The highest BCUT2D eigenvalue weighted by molar-refractivity contribution is 6.34. The van der Waals surface area contributed by atoms with Gasteiger partial charge in [0.05, 0.1) is 16.3 Å². The summed E-state index contributed by atoms with van der Waals surface area (Å²) in [6.45, 7) is 0.901. The zero-order valence-corrected chi connectivity index (χ0v) is 8.51. The zero-order chi connectivity index (χ0) is 10.3. The number of carbonyl (C=O) groups is 1. The number of carboxylic acid groups (broad SMARTS) is 1. The molecule has 0 unspecified atom stereocenters. The minimum absolute atomic E-state index is 0.268. The molecule has 3 nitrogen and oxygen atoms in total. The number of carboxylic acids is 1. The molecular formula is C10H10ClNO2. The maximum atomic E-state index is 10.8. The monoisotopic (exact) mass is 211 g/mol. The smallest absolute Gasteiger partial charge is 0.335 e. The van der Waals surface area contributed by atoms with Crippen molar-refractivity contribution in [2.45, 2.75) is 6.42 Å². The number of aromatic carboxylic acids is 1. The van der Waals surface area contributed by atoms with E-state index in [1.54, 1.807) is 6.07 Å². The van der Waals surface area contributed by atoms with E-state index in [9.17, 15) is 4.79 Å². The number of benzene rings is 1. The molecule has 0 atom stereocenters. The van der Waals surface area contributed by atoms with Gasteiger partial charge in [-0.2, -0.15) is 0 Å². The first-order chi connectivity index (χ1) is 6.59. The van der Waals surface area contributed by atoms with Gasteiger partial charge in [0.15, 0.2) is 0 Å². The van der Waals surface area contributed by atoms with Crippen LogP contribution in [-0.2, 0) is 6.42 Å². The standard InChI is InChI=1S/C10H10ClNO2/c1-12-3-2-6-4-7(10(13)14)5-8(11)9(6)12/h4-5H,2-3H2,1H3,(H,13,14). The fourth-order valence-electron chi connectivity index (χ4n) is 1.80. The van der Waals surface area contributed by atoms with Gasteiger partial charge in [-0.1, -0.05) is 11.6 Å². The molecule has 1 aromatic carbocycles. The highest BCUT2D eigenvalue weighted by Gasteiger charge is 2.21. The van der Waals surface area contributed by atoms with Crippen LogP contribution < -0.4 is 4.90 Å². The Morgan fingerprint density at radius 3 is 2.93 bits per heavy atom. The Labute approximate surface area is 86.9 Å². The molecule has 0 aliphatic carbocycles. The summed E-state index contributed by atoms with van der Waals surface area (Å²) in [4.78, 5) is 12.8. The first-order valence-electron chi connectivity index (χ1n) is 4.36. The van der Waals surface area contributed by atoms with Crippen molar-refractivity contribution in [1.82, 2.24) is 0 Å². The molecule has 1 aromatic rings. The van der Waals surface area contributed by atoms with Crippen molar-refractivity contribution in [2.24, 2.45) is 0 Å². The van der Waals surface area contributed by atoms with Gasteiger partial charge in [0.2, 0.25) is 0 Å². The van der Waals surface area contributed by atoms with Crippen molar-refractivity contribution in [1.29, 1.82) is 0 Å². The third-order valence-corrected chi connectivity index (χ3v) is 2.78. The highest BCUT2D eigenvalue weighted by Crippen LogP contribution is 2.35. The Balaban J connectivity index is 2.57. The summed E-state index contributed by atoms with van der Waals surface area (Å²) < 4.78 is 0. The van der Waals surface area contributed by atoms with Crippen molar-refractivity contribution in [3.05, 3.63) is 28.3 Å². The van der Waals surface area contributed by atoms with E-state index >= 15 is 0 Å². The van der Waals surface area contributed by atoms with Crippen molar-refractivity contribution in [3.8, 4) is 0 Å². The molecule has 1 aliphatic rings. The second kappa shape index (κ2) is 3.17. The predicted octanol–water partition coefficient (Wildman–Crippen LogP) is 2.03. The van der Waals surface area contributed by atoms with Crippen LogP contribution in [0, 0.1) is 0 Å². The van der Waals surface area contributed by atoms with Gasteiger partial charge >= 0.3 is 5.97 Å². The summed E-state index contributed by atoms with van der Waals surface area (Å²) in [7, 11) is 1.96. The Kier molecular flexibility index (Phi) is 2.11. The predicted molar refractivity (Wildman–Crippen MR) is 55.4 cm³/mol. The van der Waals surface area contributed by atoms with Crippen LogP contribution in [0.4, 0.5) is 5.69 Å². The molecule has 0 spiro atoms. The van der Waals surface area contributed by atoms with E-state index in [1.165, 1.54) is 6.07 Å². The number of halogens is 1. The fourth-order valence-corrected chi connectivity index (χ4v) is 2.18. The number of likely N-dealkylation sites (N-methyl/N-ethyl adjacent to an activating group) is 1. The number of fused-ring (bicyclic) bond motifs is 1. The average molecular weight is 212 g/mol. The van der Waals surface area contributed by atoms with Gasteiger partial charge < -0.3 is 10.0 Å². The molecule has 0 saturated heterocycles. The van der Waals surface area contributed by atoms with Crippen LogP contribution in [-0.4, -0.2) is 24.7 Å². The van der Waals surface area contributed by atoms with E-state index in [-0.39, 0.29) is 5.56 Å². The van der Waals surface area contributed by atoms with Gasteiger partial charge in [0.1, 0.15) is 0 Å². The van der Waals surface area contributed by atoms with Crippen molar-refractivity contribution < 1.29 is 9.90 Å². The normalized spacial score (nSPS) is 14.3. The van der Waals surface area contributed by atoms with Gasteiger partial charge in [0.25, 0.3) is 0 Å². The van der Waals surface area contributed by atoms with Gasteiger partial charge in [-0.3, -0.25) is 0 Å². The fraction of sp³-hybridized carbons (Fsp3) is 0.300. The third kappa shape index (κ3) is 1.34. The number of nitrogens with zero attached hydrogens (tertiary/aromatic N) is 1. The summed E-state index contributed by atoms with van der Waals surface area (Å²) in [5, 5.41) is 9.36. The summed E-state index contributed by atoms with van der Waals surface area (Å²) in [6, 6.07) is 3.21. The maximum absolute atomic E-state index is 10.8. The van der Waals surface area contributed by atoms with Gasteiger partial charge in [-0.25, -0.2) is 4.79 Å². The van der Waals surface area contributed by atoms with Gasteiger partial charge in [-0.05, 0) is 24.1 Å². The van der Waals surface area contributed by atoms with Crippen LogP contribution in [0.1, 0.15) is 15.9 Å². The lowest BCUT2D eigenvalue weighted by Gasteiger charge is -2.13. The molecule has 0 bridgehead atoms. The molecule has 0 aromatic heterocycles. The van der Waals surface area contributed by atoms with Crippen LogP contribution in [0.2, 0.25) is 5.02 Å². The minimum atomic E-state index is -0.927. The second-order valence-electron chi connectivity index (χ2n) is 3.44. The molecule has 74 valence electrons. The zero-order valence-electron chi connectivity index (χ0n) is 7.75. The van der Waals surface area contributed by atoms with Crippen molar-refractivity contribution in [3.63, 3.8) is 0 Å². The molecule has 0 saturated carbocycles. The lowest BCUT2D eigenvalue weighted by molar-refractivity contribution is 0.0697. The average Bonchev–Trinajstić information content (AvgIpc) is 2.48. The van der Waals surface area contributed by atoms with Crippen LogP contribution in [0.15, 0.2) is 12.1 Å². The Morgan fingerprint density at radius 1 is 1.57 bits per heavy atom. The molecule has 1 heterocycles. The first kappa shape index (κ1) is 9.34. The topological polar surface area (TPSA) is 40.5 Å². The van der Waals surface area contributed by atoms with Gasteiger partial charge in [-0.15, -0.1) is 0 Å². The highest BCUT2D eigenvalue weighted by atomic mass is 35.5. The minimum Gasteiger partial charge on any atom is -0.478 e. The molecule has 0 amide bonds. The van der Waals surface area contributed by atoms with E-state index in [2.05, 4.69) is 0 Å². The second-order valence-corrected chi connectivity index (χ2v) is 3.85. The SMILES string of the molecule is CN1CCc2cc(C(=O)O)cc(Cl)c21. The third-order valence-electron chi connectivity index (χ3n) is 2.49.